The highest BCUT2D eigenvalue weighted by Crippen LogP contribution is 2.32. The van der Waals surface area contributed by atoms with Crippen LogP contribution in [0.4, 0.5) is 0 Å². The summed E-state index contributed by atoms with van der Waals surface area (Å²) < 4.78 is 5.91. The molecule has 5 nitrogen and oxygen atoms in total. The van der Waals surface area contributed by atoms with Crippen molar-refractivity contribution in [1.82, 2.24) is 9.80 Å². The topological polar surface area (TPSA) is 49.9 Å². The Kier molecular flexibility index (Phi) is 5.88. The van der Waals surface area contributed by atoms with Crippen LogP contribution in [-0.2, 0) is 4.79 Å². The average molecular weight is 413 g/mol. The average Bonchev–Trinajstić information content (AvgIpc) is 3.25. The number of fused-ring (bicyclic) bond motifs is 1. The third kappa shape index (κ3) is 4.31. The Balaban J connectivity index is 1.55. The van der Waals surface area contributed by atoms with E-state index < -0.39 is 6.10 Å². The molecule has 1 amide bonds. The molecule has 0 bridgehead atoms. The molecular formula is C23H25ClN2O3. The van der Waals surface area contributed by atoms with E-state index in [4.69, 9.17) is 16.3 Å². The number of hydrogen-bond donors (Lipinski definition) is 0. The molecule has 2 heterocycles. The van der Waals surface area contributed by atoms with Crippen molar-refractivity contribution < 1.29 is 14.3 Å². The third-order valence-corrected chi connectivity index (χ3v) is 6.02. The largest absolute Gasteiger partial charge is 0.479 e. The van der Waals surface area contributed by atoms with E-state index in [1.807, 2.05) is 18.2 Å². The molecule has 152 valence electrons. The number of rotatable bonds is 5. The molecule has 0 radical (unpaired) electrons. The molecule has 2 aromatic rings. The van der Waals surface area contributed by atoms with Gasteiger partial charge in [-0.15, -0.1) is 0 Å². The molecule has 6 heteroatoms. The van der Waals surface area contributed by atoms with Gasteiger partial charge in [-0.2, -0.15) is 0 Å². The molecule has 29 heavy (non-hydrogen) atoms. The van der Waals surface area contributed by atoms with Gasteiger partial charge in [0.1, 0.15) is 5.75 Å². The summed E-state index contributed by atoms with van der Waals surface area (Å²) in [6.07, 6.45) is 1.60. The van der Waals surface area contributed by atoms with Crippen LogP contribution >= 0.6 is 11.6 Å². The van der Waals surface area contributed by atoms with Gasteiger partial charge in [-0.05, 0) is 49.7 Å². The van der Waals surface area contributed by atoms with Crippen LogP contribution < -0.4 is 4.74 Å². The van der Waals surface area contributed by atoms with Gasteiger partial charge in [0.15, 0.2) is 11.9 Å². The third-order valence-electron chi connectivity index (χ3n) is 5.79. The van der Waals surface area contributed by atoms with Crippen LogP contribution in [0.5, 0.6) is 5.75 Å². The predicted octanol–water partition coefficient (Wildman–Crippen LogP) is 3.97. The normalized spacial score (nSPS) is 20.1. The first-order chi connectivity index (χ1) is 14.0. The van der Waals surface area contributed by atoms with Crippen molar-refractivity contribution in [1.29, 1.82) is 0 Å². The van der Waals surface area contributed by atoms with Gasteiger partial charge in [0.25, 0.3) is 5.91 Å². The lowest BCUT2D eigenvalue weighted by Gasteiger charge is -2.35. The quantitative estimate of drug-likeness (QED) is 0.745. The SMILES string of the molecule is CN(C(=O)C1CC(=O)c2cc(Cl)ccc2O1)C(CN1CCCC1)c1ccccc1. The summed E-state index contributed by atoms with van der Waals surface area (Å²) in [6, 6.07) is 14.9. The van der Waals surface area contributed by atoms with Gasteiger partial charge in [0, 0.05) is 18.6 Å². The minimum absolute atomic E-state index is 0.0295. The first-order valence-electron chi connectivity index (χ1n) is 10.1. The van der Waals surface area contributed by atoms with E-state index in [-0.39, 0.29) is 24.2 Å². The molecule has 1 saturated heterocycles. The van der Waals surface area contributed by atoms with E-state index >= 15 is 0 Å². The van der Waals surface area contributed by atoms with Gasteiger partial charge in [-0.1, -0.05) is 41.9 Å². The number of ketones is 1. The molecule has 0 saturated carbocycles. The molecule has 1 fully saturated rings. The number of likely N-dealkylation sites (tertiary alicyclic amines) is 1. The highest BCUT2D eigenvalue weighted by Gasteiger charge is 2.36. The van der Waals surface area contributed by atoms with Crippen molar-refractivity contribution in [3.63, 3.8) is 0 Å². The van der Waals surface area contributed by atoms with E-state index in [0.29, 0.717) is 16.3 Å². The summed E-state index contributed by atoms with van der Waals surface area (Å²) in [7, 11) is 1.81. The molecule has 4 rings (SSSR count). The predicted molar refractivity (Wildman–Crippen MR) is 112 cm³/mol. The molecule has 2 aliphatic rings. The summed E-state index contributed by atoms with van der Waals surface area (Å²) in [5.41, 5.74) is 1.53. The summed E-state index contributed by atoms with van der Waals surface area (Å²) in [5, 5.41) is 0.484. The van der Waals surface area contributed by atoms with Crippen LogP contribution in [0.1, 0.15) is 41.2 Å². The van der Waals surface area contributed by atoms with Crippen molar-refractivity contribution >= 4 is 23.3 Å². The van der Waals surface area contributed by atoms with Gasteiger partial charge in [0.05, 0.1) is 18.0 Å². The Morgan fingerprint density at radius 2 is 1.93 bits per heavy atom. The molecule has 0 aliphatic carbocycles. The van der Waals surface area contributed by atoms with Gasteiger partial charge in [0.2, 0.25) is 0 Å². The van der Waals surface area contributed by atoms with E-state index in [0.717, 1.165) is 25.2 Å². The molecule has 2 atom stereocenters. The van der Waals surface area contributed by atoms with Gasteiger partial charge in [-0.3, -0.25) is 9.59 Å². The smallest absolute Gasteiger partial charge is 0.264 e. The number of halogens is 1. The van der Waals surface area contributed by atoms with Crippen LogP contribution in [0.25, 0.3) is 0 Å². The Morgan fingerprint density at radius 3 is 2.66 bits per heavy atom. The van der Waals surface area contributed by atoms with Gasteiger partial charge < -0.3 is 14.5 Å². The number of nitrogens with zero attached hydrogens (tertiary/aromatic N) is 2. The first kappa shape index (κ1) is 19.9. The second-order valence-electron chi connectivity index (χ2n) is 7.76. The van der Waals surface area contributed by atoms with E-state index in [9.17, 15) is 9.59 Å². The van der Waals surface area contributed by atoms with Gasteiger partial charge >= 0.3 is 0 Å². The summed E-state index contributed by atoms with van der Waals surface area (Å²) in [5.74, 6) is 0.136. The Labute approximate surface area is 176 Å². The fourth-order valence-corrected chi connectivity index (χ4v) is 4.32. The highest BCUT2D eigenvalue weighted by atomic mass is 35.5. The molecule has 0 N–H and O–H groups in total. The molecule has 0 spiro atoms. The summed E-state index contributed by atoms with van der Waals surface area (Å²) in [6.45, 7) is 2.88. The lowest BCUT2D eigenvalue weighted by atomic mass is 9.98. The number of likely N-dealkylation sites (N-methyl/N-ethyl adjacent to an activating group) is 1. The number of ether oxygens (including phenoxy) is 1. The zero-order valence-electron chi connectivity index (χ0n) is 16.5. The minimum atomic E-state index is -0.814. The number of benzene rings is 2. The zero-order valence-corrected chi connectivity index (χ0v) is 17.3. The maximum atomic E-state index is 13.3. The molecular weight excluding hydrogens is 388 g/mol. The van der Waals surface area contributed by atoms with E-state index in [1.54, 1.807) is 30.1 Å². The van der Waals surface area contributed by atoms with Crippen molar-refractivity contribution in [2.45, 2.75) is 31.4 Å². The fraction of sp³-hybridized carbons (Fsp3) is 0.391. The zero-order chi connectivity index (χ0) is 20.4. The van der Waals surface area contributed by atoms with Crippen molar-refractivity contribution in [3.8, 4) is 5.75 Å². The van der Waals surface area contributed by atoms with Gasteiger partial charge in [-0.25, -0.2) is 0 Å². The number of carbonyl (C=O) groups excluding carboxylic acids is 2. The number of hydrogen-bond acceptors (Lipinski definition) is 4. The van der Waals surface area contributed by atoms with Crippen LogP contribution in [0.3, 0.4) is 0 Å². The fourth-order valence-electron chi connectivity index (χ4n) is 4.15. The number of amides is 1. The minimum Gasteiger partial charge on any atom is -0.479 e. The maximum absolute atomic E-state index is 13.3. The second kappa shape index (κ2) is 8.56. The number of carbonyl (C=O) groups is 2. The monoisotopic (exact) mass is 412 g/mol. The molecule has 2 aromatic carbocycles. The first-order valence-corrected chi connectivity index (χ1v) is 10.4. The molecule has 2 aliphatic heterocycles. The van der Waals surface area contributed by atoms with Crippen LogP contribution in [-0.4, -0.2) is 54.3 Å². The van der Waals surface area contributed by atoms with Crippen LogP contribution in [0.15, 0.2) is 48.5 Å². The standard InChI is InChI=1S/C23H25ClN2O3/c1-25(19(15-26-11-5-6-12-26)16-7-3-2-4-8-16)23(28)22-14-20(27)18-13-17(24)9-10-21(18)29-22/h2-4,7-10,13,19,22H,5-6,11-12,14-15H2,1H3. The maximum Gasteiger partial charge on any atom is 0.264 e. The lowest BCUT2D eigenvalue weighted by molar-refractivity contribution is -0.140. The Hall–Kier alpha value is -2.37. The van der Waals surface area contributed by atoms with Crippen molar-refractivity contribution in [2.75, 3.05) is 26.7 Å². The Morgan fingerprint density at radius 1 is 1.21 bits per heavy atom. The Bertz CT molecular complexity index is 896. The highest BCUT2D eigenvalue weighted by molar-refractivity contribution is 6.31. The number of Topliss-reactive ketones (excluding diaryl/α,β-unsaturated/α-hetero) is 1. The second-order valence-corrected chi connectivity index (χ2v) is 8.19. The summed E-state index contributed by atoms with van der Waals surface area (Å²) >= 11 is 5.99. The molecule has 0 aromatic heterocycles. The molecule has 2 unspecified atom stereocenters. The van der Waals surface area contributed by atoms with Crippen LogP contribution in [0, 0.1) is 0 Å². The van der Waals surface area contributed by atoms with E-state index in [2.05, 4.69) is 17.0 Å². The summed E-state index contributed by atoms with van der Waals surface area (Å²) in [4.78, 5) is 30.0. The van der Waals surface area contributed by atoms with Crippen LogP contribution in [0.2, 0.25) is 5.02 Å². The lowest BCUT2D eigenvalue weighted by Crippen LogP contribution is -2.46. The van der Waals surface area contributed by atoms with Crippen molar-refractivity contribution in [2.24, 2.45) is 0 Å². The van der Waals surface area contributed by atoms with E-state index in [1.165, 1.54) is 12.8 Å². The van der Waals surface area contributed by atoms with Crippen molar-refractivity contribution in [3.05, 3.63) is 64.7 Å².